The number of para-hydroxylation sites is 2. The van der Waals surface area contributed by atoms with Crippen molar-refractivity contribution in [1.29, 1.82) is 0 Å². The second kappa shape index (κ2) is 5.84. The number of hydrogen-bond acceptors (Lipinski definition) is 5. The van der Waals surface area contributed by atoms with Crippen molar-refractivity contribution in [2.45, 2.75) is 20.4 Å². The highest BCUT2D eigenvalue weighted by molar-refractivity contribution is 5.86. The molecule has 5 heteroatoms. The molecule has 0 atom stereocenters. The van der Waals surface area contributed by atoms with Gasteiger partial charge in [-0.1, -0.05) is 12.1 Å². The van der Waals surface area contributed by atoms with Crippen LogP contribution in [0.2, 0.25) is 0 Å². The van der Waals surface area contributed by atoms with Crippen molar-refractivity contribution >= 4 is 16.7 Å². The van der Waals surface area contributed by atoms with E-state index in [1.807, 2.05) is 43.3 Å². The highest BCUT2D eigenvalue weighted by Crippen LogP contribution is 2.37. The van der Waals surface area contributed by atoms with Crippen LogP contribution in [0.15, 0.2) is 45.6 Å². The molecule has 0 saturated heterocycles. The molecular weight excluding hydrogens is 318 g/mol. The maximum absolute atomic E-state index is 12.2. The standard InChI is InChI=1S/C20H19NO4/c1-12-13(2)20(22)25-19-14(12)8-9-17-15(19)10-21(11-24-17)16-6-4-5-7-18(16)23-3/h4-9H,10-11H2,1-3H3. The number of fused-ring (bicyclic) bond motifs is 3. The molecule has 0 aliphatic carbocycles. The predicted molar refractivity (Wildman–Crippen MR) is 96.6 cm³/mol. The zero-order chi connectivity index (χ0) is 17.6. The summed E-state index contributed by atoms with van der Waals surface area (Å²) in [6.07, 6.45) is 0. The Morgan fingerprint density at radius 1 is 1.08 bits per heavy atom. The minimum Gasteiger partial charge on any atom is -0.495 e. The lowest BCUT2D eigenvalue weighted by atomic mass is 10.0. The molecule has 1 aliphatic rings. The van der Waals surface area contributed by atoms with Gasteiger partial charge >= 0.3 is 5.63 Å². The molecule has 0 spiro atoms. The first-order valence-corrected chi connectivity index (χ1v) is 8.17. The first-order chi connectivity index (χ1) is 12.1. The minimum atomic E-state index is -0.298. The van der Waals surface area contributed by atoms with E-state index in [0.717, 1.165) is 33.7 Å². The lowest BCUT2D eigenvalue weighted by Crippen LogP contribution is -2.32. The number of ether oxygens (including phenoxy) is 2. The molecule has 0 N–H and O–H groups in total. The van der Waals surface area contributed by atoms with Crippen LogP contribution < -0.4 is 20.0 Å². The Balaban J connectivity index is 1.86. The summed E-state index contributed by atoms with van der Waals surface area (Å²) < 4.78 is 17.0. The fourth-order valence-electron chi connectivity index (χ4n) is 3.26. The van der Waals surface area contributed by atoms with E-state index in [2.05, 4.69) is 4.90 Å². The van der Waals surface area contributed by atoms with Crippen LogP contribution in [0, 0.1) is 13.8 Å². The first kappa shape index (κ1) is 15.6. The van der Waals surface area contributed by atoms with Crippen molar-refractivity contribution in [2.24, 2.45) is 0 Å². The highest BCUT2D eigenvalue weighted by atomic mass is 16.5. The quantitative estimate of drug-likeness (QED) is 0.666. The SMILES string of the molecule is COc1ccccc1N1COc2ccc3c(C)c(C)c(=O)oc3c2C1. The normalized spacial score (nSPS) is 13.5. The van der Waals surface area contributed by atoms with E-state index < -0.39 is 0 Å². The van der Waals surface area contributed by atoms with E-state index in [9.17, 15) is 4.79 Å². The summed E-state index contributed by atoms with van der Waals surface area (Å²) in [5, 5.41) is 0.946. The van der Waals surface area contributed by atoms with Crippen molar-refractivity contribution in [2.75, 3.05) is 18.7 Å². The Labute approximate surface area is 145 Å². The number of rotatable bonds is 2. The van der Waals surface area contributed by atoms with Gasteiger partial charge in [-0.05, 0) is 43.7 Å². The van der Waals surface area contributed by atoms with Crippen molar-refractivity contribution < 1.29 is 13.9 Å². The molecule has 1 aliphatic heterocycles. The van der Waals surface area contributed by atoms with Gasteiger partial charge in [-0.15, -0.1) is 0 Å². The second-order valence-electron chi connectivity index (χ2n) is 6.20. The van der Waals surface area contributed by atoms with Gasteiger partial charge in [-0.3, -0.25) is 0 Å². The van der Waals surface area contributed by atoms with Crippen LogP contribution in [0.4, 0.5) is 5.69 Å². The molecule has 1 aromatic heterocycles. The van der Waals surface area contributed by atoms with Crippen LogP contribution in [-0.2, 0) is 6.54 Å². The number of hydrogen-bond donors (Lipinski definition) is 0. The van der Waals surface area contributed by atoms with E-state index in [0.29, 0.717) is 24.4 Å². The fourth-order valence-corrected chi connectivity index (χ4v) is 3.26. The van der Waals surface area contributed by atoms with E-state index >= 15 is 0 Å². The molecule has 0 unspecified atom stereocenters. The summed E-state index contributed by atoms with van der Waals surface area (Å²) in [5.74, 6) is 1.54. The third kappa shape index (κ3) is 2.43. The molecule has 0 bridgehead atoms. The molecule has 0 radical (unpaired) electrons. The molecule has 2 aromatic carbocycles. The van der Waals surface area contributed by atoms with Gasteiger partial charge in [0.2, 0.25) is 0 Å². The number of methoxy groups -OCH3 is 1. The summed E-state index contributed by atoms with van der Waals surface area (Å²) in [7, 11) is 1.65. The smallest absolute Gasteiger partial charge is 0.339 e. The molecule has 3 aromatic rings. The van der Waals surface area contributed by atoms with Gasteiger partial charge in [0.25, 0.3) is 0 Å². The highest BCUT2D eigenvalue weighted by Gasteiger charge is 2.24. The zero-order valence-electron chi connectivity index (χ0n) is 14.5. The third-order valence-electron chi connectivity index (χ3n) is 4.84. The van der Waals surface area contributed by atoms with Gasteiger partial charge in [-0.25, -0.2) is 4.79 Å². The average molecular weight is 337 g/mol. The number of benzene rings is 2. The fraction of sp³-hybridized carbons (Fsp3) is 0.250. The van der Waals surface area contributed by atoms with Crippen molar-refractivity contribution in [1.82, 2.24) is 0 Å². The Morgan fingerprint density at radius 3 is 2.68 bits per heavy atom. The van der Waals surface area contributed by atoms with Crippen molar-refractivity contribution in [3.63, 3.8) is 0 Å². The molecule has 0 fully saturated rings. The molecule has 2 heterocycles. The largest absolute Gasteiger partial charge is 0.495 e. The Kier molecular flexibility index (Phi) is 3.64. The molecule has 128 valence electrons. The number of nitrogens with zero attached hydrogens (tertiary/aromatic N) is 1. The number of anilines is 1. The average Bonchev–Trinajstić information content (AvgIpc) is 2.65. The van der Waals surface area contributed by atoms with Gasteiger partial charge in [0.05, 0.1) is 24.9 Å². The van der Waals surface area contributed by atoms with E-state index in [-0.39, 0.29) is 5.63 Å². The van der Waals surface area contributed by atoms with Gasteiger partial charge in [0.1, 0.15) is 17.1 Å². The lowest BCUT2D eigenvalue weighted by Gasteiger charge is -2.32. The van der Waals surface area contributed by atoms with Gasteiger partial charge < -0.3 is 18.8 Å². The summed E-state index contributed by atoms with van der Waals surface area (Å²) in [6, 6.07) is 11.7. The van der Waals surface area contributed by atoms with E-state index in [1.54, 1.807) is 14.0 Å². The van der Waals surface area contributed by atoms with Crippen LogP contribution in [0.1, 0.15) is 16.7 Å². The first-order valence-electron chi connectivity index (χ1n) is 8.17. The molecule has 25 heavy (non-hydrogen) atoms. The topological polar surface area (TPSA) is 51.9 Å². The van der Waals surface area contributed by atoms with Gasteiger partial charge in [0.15, 0.2) is 6.73 Å². The van der Waals surface area contributed by atoms with Crippen LogP contribution in [0.3, 0.4) is 0 Å². The summed E-state index contributed by atoms with van der Waals surface area (Å²) >= 11 is 0. The second-order valence-corrected chi connectivity index (χ2v) is 6.20. The van der Waals surface area contributed by atoms with Crippen LogP contribution in [0.5, 0.6) is 11.5 Å². The lowest BCUT2D eigenvalue weighted by molar-refractivity contribution is 0.287. The van der Waals surface area contributed by atoms with Crippen LogP contribution >= 0.6 is 0 Å². The Morgan fingerprint density at radius 2 is 1.88 bits per heavy atom. The van der Waals surface area contributed by atoms with E-state index in [1.165, 1.54) is 0 Å². The molecule has 0 saturated carbocycles. The molecule has 4 rings (SSSR count). The van der Waals surface area contributed by atoms with Crippen LogP contribution in [0.25, 0.3) is 11.0 Å². The summed E-state index contributed by atoms with van der Waals surface area (Å²) in [6.45, 7) is 4.73. The third-order valence-corrected chi connectivity index (χ3v) is 4.84. The zero-order valence-corrected chi connectivity index (χ0v) is 14.5. The monoisotopic (exact) mass is 337 g/mol. The predicted octanol–water partition coefficient (Wildman–Crippen LogP) is 3.77. The van der Waals surface area contributed by atoms with Crippen LogP contribution in [-0.4, -0.2) is 13.8 Å². The minimum absolute atomic E-state index is 0.298. The van der Waals surface area contributed by atoms with Crippen molar-refractivity contribution in [3.05, 3.63) is 63.5 Å². The Hall–Kier alpha value is -2.95. The number of aryl methyl sites for hydroxylation is 1. The molecule has 5 nitrogen and oxygen atoms in total. The maximum atomic E-state index is 12.2. The van der Waals surface area contributed by atoms with Gasteiger partial charge in [0, 0.05) is 10.9 Å². The van der Waals surface area contributed by atoms with Crippen molar-refractivity contribution in [3.8, 4) is 11.5 Å². The Bertz CT molecular complexity index is 1020. The molecule has 0 amide bonds. The van der Waals surface area contributed by atoms with E-state index in [4.69, 9.17) is 13.9 Å². The van der Waals surface area contributed by atoms with Gasteiger partial charge in [-0.2, -0.15) is 0 Å². The summed E-state index contributed by atoms with van der Waals surface area (Å²) in [4.78, 5) is 14.2. The maximum Gasteiger partial charge on any atom is 0.339 e. The summed E-state index contributed by atoms with van der Waals surface area (Å²) in [5.41, 5.74) is 3.72. The molecular formula is C20H19NO4.